The molecule has 0 fully saturated rings. The zero-order chi connectivity index (χ0) is 15.1. The molecule has 0 bridgehead atoms. The molecule has 110 valence electrons. The first-order chi connectivity index (χ1) is 9.16. The van der Waals surface area contributed by atoms with Crippen molar-refractivity contribution in [1.82, 2.24) is 9.29 Å². The number of aromatic nitrogens is 1. The second kappa shape index (κ2) is 4.98. The molecule has 0 aliphatic heterocycles. The Morgan fingerprint density at radius 2 is 2.00 bits per heavy atom. The van der Waals surface area contributed by atoms with Gasteiger partial charge in [0.15, 0.2) is 0 Å². The number of hydrogen-bond donors (Lipinski definition) is 1. The zero-order valence-corrected chi connectivity index (χ0v) is 13.6. The van der Waals surface area contributed by atoms with Crippen molar-refractivity contribution in [3.8, 4) is 0 Å². The molecule has 1 heterocycles. The topological polar surface area (TPSA) is 68.2 Å². The Kier molecular flexibility index (Phi) is 3.79. The average Bonchev–Trinajstić information content (AvgIpc) is 2.63. The smallest absolute Gasteiger partial charge is 0.302 e. The molecule has 0 saturated heterocycles. The minimum Gasteiger partial charge on any atom is -0.302 e. The molecule has 0 unspecified atom stereocenters. The molecule has 1 N–H and O–H groups in total. The fraction of sp³-hybridized carbons (Fsp3) is 0.462. The molecule has 0 atom stereocenters. The Morgan fingerprint density at radius 3 is 2.60 bits per heavy atom. The van der Waals surface area contributed by atoms with Crippen LogP contribution in [0, 0.1) is 0 Å². The van der Waals surface area contributed by atoms with Crippen molar-refractivity contribution in [2.45, 2.75) is 37.6 Å². The normalized spacial score (nSPS) is 13.0. The van der Waals surface area contributed by atoms with E-state index in [2.05, 4.69) is 4.72 Å². The standard InChI is InChI=1S/C13H18N2O3S2/c1-5-13(2,3)14-20(17,18)9-6-7-10-11(8-9)19-12(16)15(10)4/h6-8,14H,5H2,1-4H3. The van der Waals surface area contributed by atoms with Crippen LogP contribution in [0.5, 0.6) is 0 Å². The molecule has 0 spiro atoms. The van der Waals surface area contributed by atoms with E-state index in [1.807, 2.05) is 20.8 Å². The molecular formula is C13H18N2O3S2. The van der Waals surface area contributed by atoms with Crippen molar-refractivity contribution in [3.05, 3.63) is 27.9 Å². The number of nitrogens with zero attached hydrogens (tertiary/aromatic N) is 1. The fourth-order valence-electron chi connectivity index (χ4n) is 1.78. The van der Waals surface area contributed by atoms with Crippen molar-refractivity contribution in [3.63, 3.8) is 0 Å². The summed E-state index contributed by atoms with van der Waals surface area (Å²) in [6, 6.07) is 4.75. The maximum Gasteiger partial charge on any atom is 0.307 e. The van der Waals surface area contributed by atoms with Crippen LogP contribution in [0.4, 0.5) is 0 Å². The van der Waals surface area contributed by atoms with E-state index in [9.17, 15) is 13.2 Å². The number of thiazole rings is 1. The summed E-state index contributed by atoms with van der Waals surface area (Å²) in [7, 11) is -1.91. The van der Waals surface area contributed by atoms with Crippen LogP contribution in [-0.4, -0.2) is 18.5 Å². The zero-order valence-electron chi connectivity index (χ0n) is 11.9. The number of fused-ring (bicyclic) bond motifs is 1. The van der Waals surface area contributed by atoms with E-state index in [1.54, 1.807) is 19.2 Å². The van der Waals surface area contributed by atoms with Gasteiger partial charge in [0.1, 0.15) is 0 Å². The first-order valence-corrected chi connectivity index (χ1v) is 8.60. The highest BCUT2D eigenvalue weighted by atomic mass is 32.2. The number of aryl methyl sites for hydroxylation is 1. The quantitative estimate of drug-likeness (QED) is 0.939. The summed E-state index contributed by atoms with van der Waals surface area (Å²) in [5.74, 6) is 0. The lowest BCUT2D eigenvalue weighted by Gasteiger charge is -2.24. The third-order valence-corrected chi connectivity index (χ3v) is 6.06. The van der Waals surface area contributed by atoms with Gasteiger partial charge in [0, 0.05) is 12.6 Å². The maximum absolute atomic E-state index is 12.4. The molecule has 2 rings (SSSR count). The monoisotopic (exact) mass is 314 g/mol. The van der Waals surface area contributed by atoms with Gasteiger partial charge in [-0.2, -0.15) is 0 Å². The Labute approximate surface area is 122 Å². The average molecular weight is 314 g/mol. The molecule has 0 amide bonds. The predicted molar refractivity (Wildman–Crippen MR) is 81.8 cm³/mol. The van der Waals surface area contributed by atoms with Gasteiger partial charge in [0.2, 0.25) is 10.0 Å². The van der Waals surface area contributed by atoms with Crippen molar-refractivity contribution in [2.75, 3.05) is 0 Å². The predicted octanol–water partition coefficient (Wildman–Crippen LogP) is 2.07. The van der Waals surface area contributed by atoms with Gasteiger partial charge in [-0.3, -0.25) is 4.79 Å². The summed E-state index contributed by atoms with van der Waals surface area (Å²) in [5, 5.41) is 0. The number of hydrogen-bond acceptors (Lipinski definition) is 4. The second-order valence-corrected chi connectivity index (χ2v) is 8.08. The lowest BCUT2D eigenvalue weighted by molar-refractivity contribution is 0.439. The lowest BCUT2D eigenvalue weighted by Crippen LogP contribution is -2.42. The molecular weight excluding hydrogens is 296 g/mol. The first kappa shape index (κ1) is 15.2. The van der Waals surface area contributed by atoms with E-state index in [1.165, 1.54) is 10.6 Å². The van der Waals surface area contributed by atoms with Crippen molar-refractivity contribution in [1.29, 1.82) is 0 Å². The van der Waals surface area contributed by atoms with Gasteiger partial charge in [0.25, 0.3) is 0 Å². The highest BCUT2D eigenvalue weighted by Crippen LogP contribution is 2.22. The minimum absolute atomic E-state index is 0.101. The summed E-state index contributed by atoms with van der Waals surface area (Å²) in [5.41, 5.74) is 0.242. The van der Waals surface area contributed by atoms with Gasteiger partial charge in [-0.25, -0.2) is 13.1 Å². The Balaban J connectivity index is 2.50. The van der Waals surface area contributed by atoms with Crippen molar-refractivity contribution < 1.29 is 8.42 Å². The van der Waals surface area contributed by atoms with E-state index in [0.29, 0.717) is 11.1 Å². The van der Waals surface area contributed by atoms with Crippen molar-refractivity contribution >= 4 is 31.6 Å². The third kappa shape index (κ3) is 2.79. The summed E-state index contributed by atoms with van der Waals surface area (Å²) in [6.45, 7) is 5.60. The van der Waals surface area contributed by atoms with Crippen LogP contribution >= 0.6 is 11.3 Å². The number of nitrogens with one attached hydrogen (secondary N) is 1. The van der Waals surface area contributed by atoms with Gasteiger partial charge < -0.3 is 4.57 Å². The number of rotatable bonds is 4. The van der Waals surface area contributed by atoms with E-state index in [0.717, 1.165) is 16.9 Å². The van der Waals surface area contributed by atoms with E-state index < -0.39 is 15.6 Å². The Hall–Kier alpha value is -1.18. The summed E-state index contributed by atoms with van der Waals surface area (Å²) in [6.07, 6.45) is 0.688. The molecule has 1 aromatic carbocycles. The lowest BCUT2D eigenvalue weighted by atomic mass is 10.0. The molecule has 0 aliphatic rings. The van der Waals surface area contributed by atoms with E-state index in [4.69, 9.17) is 0 Å². The molecule has 1 aromatic heterocycles. The van der Waals surface area contributed by atoms with Gasteiger partial charge in [-0.1, -0.05) is 18.3 Å². The van der Waals surface area contributed by atoms with Crippen LogP contribution in [0.25, 0.3) is 10.2 Å². The molecule has 0 aliphatic carbocycles. The Morgan fingerprint density at radius 1 is 1.35 bits per heavy atom. The van der Waals surface area contributed by atoms with Crippen LogP contribution in [0.1, 0.15) is 27.2 Å². The molecule has 0 saturated carbocycles. The van der Waals surface area contributed by atoms with Gasteiger partial charge in [-0.15, -0.1) is 0 Å². The highest BCUT2D eigenvalue weighted by Gasteiger charge is 2.25. The third-order valence-electron chi connectivity index (χ3n) is 3.37. The van der Waals surface area contributed by atoms with Gasteiger partial charge >= 0.3 is 4.87 Å². The Bertz CT molecular complexity index is 801. The summed E-state index contributed by atoms with van der Waals surface area (Å²) in [4.78, 5) is 11.7. The molecule has 7 heteroatoms. The number of benzene rings is 1. The van der Waals surface area contributed by atoms with Crippen LogP contribution in [0.15, 0.2) is 27.9 Å². The van der Waals surface area contributed by atoms with Crippen LogP contribution in [-0.2, 0) is 17.1 Å². The SMILES string of the molecule is CCC(C)(C)NS(=O)(=O)c1ccc2c(c1)sc(=O)n2C. The van der Waals surface area contributed by atoms with E-state index >= 15 is 0 Å². The molecule has 20 heavy (non-hydrogen) atoms. The maximum atomic E-state index is 12.4. The van der Waals surface area contributed by atoms with Crippen LogP contribution < -0.4 is 9.60 Å². The molecule has 0 radical (unpaired) electrons. The fourth-order valence-corrected chi connectivity index (χ4v) is 4.28. The molecule has 2 aromatic rings. The molecule has 5 nitrogen and oxygen atoms in total. The minimum atomic E-state index is -3.58. The summed E-state index contributed by atoms with van der Waals surface area (Å²) >= 11 is 1.05. The van der Waals surface area contributed by atoms with Crippen molar-refractivity contribution in [2.24, 2.45) is 7.05 Å². The van der Waals surface area contributed by atoms with Gasteiger partial charge in [0.05, 0.1) is 15.1 Å². The van der Waals surface area contributed by atoms with Gasteiger partial charge in [-0.05, 0) is 38.5 Å². The summed E-state index contributed by atoms with van der Waals surface area (Å²) < 4.78 is 29.6. The van der Waals surface area contributed by atoms with E-state index in [-0.39, 0.29) is 9.77 Å². The van der Waals surface area contributed by atoms with Crippen LogP contribution in [0.2, 0.25) is 0 Å². The highest BCUT2D eigenvalue weighted by molar-refractivity contribution is 7.89. The van der Waals surface area contributed by atoms with Crippen LogP contribution in [0.3, 0.4) is 0 Å². The second-order valence-electron chi connectivity index (χ2n) is 5.40. The largest absolute Gasteiger partial charge is 0.307 e. The number of sulfonamides is 1. The first-order valence-electron chi connectivity index (χ1n) is 6.30.